The number of amides is 2. The Hall–Kier alpha value is -2.56. The topological polar surface area (TPSA) is 62.6 Å². The fourth-order valence-corrected chi connectivity index (χ4v) is 2.86. The second kappa shape index (κ2) is 8.21. The van der Waals surface area contributed by atoms with E-state index in [4.69, 9.17) is 4.42 Å². The molecule has 5 heteroatoms. The molecule has 0 spiro atoms. The predicted octanol–water partition coefficient (Wildman–Crippen LogP) is 3.86. The summed E-state index contributed by atoms with van der Waals surface area (Å²) >= 11 is 0. The molecule has 1 aromatic heterocycles. The largest absolute Gasteiger partial charge is 0.467 e. The quantitative estimate of drug-likeness (QED) is 0.855. The van der Waals surface area contributed by atoms with Crippen LogP contribution in [0.15, 0.2) is 53.1 Å². The van der Waals surface area contributed by atoms with E-state index in [1.54, 1.807) is 29.4 Å². The highest BCUT2D eigenvalue weighted by atomic mass is 16.3. The highest BCUT2D eigenvalue weighted by Gasteiger charge is 2.35. The Balaban J connectivity index is 2.38. The lowest BCUT2D eigenvalue weighted by Crippen LogP contribution is -2.55. The summed E-state index contributed by atoms with van der Waals surface area (Å²) < 4.78 is 5.43. The minimum absolute atomic E-state index is 0.0556. The normalized spacial score (nSPS) is 12.7. The zero-order valence-electron chi connectivity index (χ0n) is 16.2. The molecule has 0 bridgehead atoms. The zero-order valence-corrected chi connectivity index (χ0v) is 16.2. The van der Waals surface area contributed by atoms with E-state index in [0.29, 0.717) is 11.3 Å². The zero-order chi connectivity index (χ0) is 19.3. The Bertz CT molecular complexity index is 715. The Morgan fingerprint density at radius 3 is 2.23 bits per heavy atom. The first-order valence-corrected chi connectivity index (χ1v) is 8.89. The SMILES string of the molecule is CC(C)[C@@H](C(=O)NC(C)(C)C)N(Cc1ccco1)C(=O)c1ccccc1. The number of carbonyl (C=O) groups is 2. The summed E-state index contributed by atoms with van der Waals surface area (Å²) in [5, 5.41) is 3.00. The van der Waals surface area contributed by atoms with Gasteiger partial charge in [-0.1, -0.05) is 32.0 Å². The van der Waals surface area contributed by atoms with E-state index in [-0.39, 0.29) is 29.8 Å². The van der Waals surface area contributed by atoms with Crippen LogP contribution in [0.4, 0.5) is 0 Å². The fourth-order valence-electron chi connectivity index (χ4n) is 2.86. The number of hydrogen-bond donors (Lipinski definition) is 1. The fraction of sp³-hybridized carbons (Fsp3) is 0.429. The summed E-state index contributed by atoms with van der Waals surface area (Å²) in [5.74, 6) is 0.233. The van der Waals surface area contributed by atoms with Gasteiger partial charge >= 0.3 is 0 Å². The van der Waals surface area contributed by atoms with Gasteiger partial charge in [0.1, 0.15) is 11.8 Å². The molecular weight excluding hydrogens is 328 g/mol. The number of nitrogens with one attached hydrogen (secondary N) is 1. The van der Waals surface area contributed by atoms with Crippen LogP contribution in [0.1, 0.15) is 50.7 Å². The van der Waals surface area contributed by atoms with Crippen molar-refractivity contribution in [3.05, 3.63) is 60.1 Å². The molecule has 0 saturated heterocycles. The lowest BCUT2D eigenvalue weighted by atomic mass is 9.98. The van der Waals surface area contributed by atoms with Gasteiger partial charge in [0.25, 0.3) is 5.91 Å². The summed E-state index contributed by atoms with van der Waals surface area (Å²) in [6.07, 6.45) is 1.57. The van der Waals surface area contributed by atoms with Crippen LogP contribution in [-0.4, -0.2) is 28.3 Å². The standard InChI is InChI=1S/C21H28N2O3/c1-15(2)18(19(24)22-21(3,4)5)23(14-17-12-9-13-26-17)20(25)16-10-7-6-8-11-16/h6-13,15,18H,14H2,1-5H3,(H,22,24)/t18-/m0/s1. The Morgan fingerprint density at radius 2 is 1.73 bits per heavy atom. The maximum absolute atomic E-state index is 13.2. The molecule has 1 heterocycles. The lowest BCUT2D eigenvalue weighted by Gasteiger charge is -2.35. The number of carbonyl (C=O) groups excluding carboxylic acids is 2. The molecule has 0 saturated carbocycles. The van der Waals surface area contributed by atoms with Gasteiger partial charge in [0.2, 0.25) is 5.91 Å². The van der Waals surface area contributed by atoms with E-state index in [1.165, 1.54) is 0 Å². The average molecular weight is 356 g/mol. The van der Waals surface area contributed by atoms with Crippen molar-refractivity contribution in [3.63, 3.8) is 0 Å². The van der Waals surface area contributed by atoms with Gasteiger partial charge in [0.05, 0.1) is 12.8 Å². The second-order valence-corrected chi connectivity index (χ2v) is 7.81. The number of benzene rings is 1. The third kappa shape index (κ3) is 5.22. The molecule has 1 atom stereocenters. The lowest BCUT2D eigenvalue weighted by molar-refractivity contribution is -0.128. The van der Waals surface area contributed by atoms with Gasteiger partial charge in [-0.05, 0) is 51.0 Å². The average Bonchev–Trinajstić information content (AvgIpc) is 3.05. The van der Waals surface area contributed by atoms with Crippen molar-refractivity contribution in [2.45, 2.75) is 52.7 Å². The van der Waals surface area contributed by atoms with Crippen LogP contribution in [-0.2, 0) is 11.3 Å². The molecule has 0 unspecified atom stereocenters. The minimum Gasteiger partial charge on any atom is -0.467 e. The van der Waals surface area contributed by atoms with Crippen molar-refractivity contribution in [1.82, 2.24) is 10.2 Å². The summed E-state index contributed by atoms with van der Waals surface area (Å²) in [6.45, 7) is 9.91. The van der Waals surface area contributed by atoms with Crippen molar-refractivity contribution in [2.75, 3.05) is 0 Å². The molecule has 2 aromatic rings. The van der Waals surface area contributed by atoms with E-state index in [9.17, 15) is 9.59 Å². The second-order valence-electron chi connectivity index (χ2n) is 7.81. The molecule has 2 rings (SSSR count). The van der Waals surface area contributed by atoms with Gasteiger partial charge in [0.15, 0.2) is 0 Å². The molecule has 0 aliphatic rings. The predicted molar refractivity (Wildman–Crippen MR) is 102 cm³/mol. The van der Waals surface area contributed by atoms with Crippen molar-refractivity contribution in [2.24, 2.45) is 5.92 Å². The highest BCUT2D eigenvalue weighted by molar-refractivity contribution is 5.97. The highest BCUT2D eigenvalue weighted by Crippen LogP contribution is 2.20. The van der Waals surface area contributed by atoms with Crippen molar-refractivity contribution in [3.8, 4) is 0 Å². The molecule has 0 fully saturated rings. The van der Waals surface area contributed by atoms with Crippen LogP contribution in [0.2, 0.25) is 0 Å². The third-order valence-electron chi connectivity index (χ3n) is 3.92. The van der Waals surface area contributed by atoms with E-state index >= 15 is 0 Å². The minimum atomic E-state index is -0.605. The monoisotopic (exact) mass is 356 g/mol. The molecule has 0 aliphatic carbocycles. The maximum Gasteiger partial charge on any atom is 0.254 e. The van der Waals surface area contributed by atoms with Crippen LogP contribution >= 0.6 is 0 Å². The molecule has 2 amide bonds. The number of nitrogens with zero attached hydrogens (tertiary/aromatic N) is 1. The summed E-state index contributed by atoms with van der Waals surface area (Å²) in [6, 6.07) is 12.0. The van der Waals surface area contributed by atoms with Gasteiger partial charge in [-0.2, -0.15) is 0 Å². The Kier molecular flexibility index (Phi) is 6.24. The number of rotatable bonds is 6. The van der Waals surface area contributed by atoms with E-state index in [1.807, 2.05) is 58.9 Å². The molecule has 26 heavy (non-hydrogen) atoms. The van der Waals surface area contributed by atoms with E-state index in [2.05, 4.69) is 5.32 Å². The van der Waals surface area contributed by atoms with Crippen molar-refractivity contribution < 1.29 is 14.0 Å². The van der Waals surface area contributed by atoms with Gasteiger partial charge in [-0.3, -0.25) is 9.59 Å². The molecule has 1 N–H and O–H groups in total. The van der Waals surface area contributed by atoms with Crippen molar-refractivity contribution in [1.29, 1.82) is 0 Å². The first-order chi connectivity index (χ1) is 12.2. The maximum atomic E-state index is 13.2. The number of hydrogen-bond acceptors (Lipinski definition) is 3. The van der Waals surface area contributed by atoms with Gasteiger partial charge in [-0.25, -0.2) is 0 Å². The first kappa shape index (κ1) is 19.8. The molecule has 5 nitrogen and oxygen atoms in total. The van der Waals surface area contributed by atoms with Gasteiger partial charge in [0, 0.05) is 11.1 Å². The van der Waals surface area contributed by atoms with Crippen molar-refractivity contribution >= 4 is 11.8 Å². The van der Waals surface area contributed by atoms with Gasteiger partial charge in [-0.15, -0.1) is 0 Å². The van der Waals surface area contributed by atoms with Crippen LogP contribution in [0, 0.1) is 5.92 Å². The number of furan rings is 1. The smallest absolute Gasteiger partial charge is 0.254 e. The first-order valence-electron chi connectivity index (χ1n) is 8.89. The third-order valence-corrected chi connectivity index (χ3v) is 3.92. The van der Waals surface area contributed by atoms with Crippen LogP contribution < -0.4 is 5.32 Å². The van der Waals surface area contributed by atoms with Gasteiger partial charge < -0.3 is 14.6 Å². The summed E-state index contributed by atoms with van der Waals surface area (Å²) in [5.41, 5.74) is 0.171. The molecule has 140 valence electrons. The molecule has 0 aliphatic heterocycles. The molecular formula is C21H28N2O3. The van der Waals surface area contributed by atoms with E-state index < -0.39 is 6.04 Å². The van der Waals surface area contributed by atoms with Crippen LogP contribution in [0.3, 0.4) is 0 Å². The summed E-state index contributed by atoms with van der Waals surface area (Å²) in [7, 11) is 0. The van der Waals surface area contributed by atoms with E-state index in [0.717, 1.165) is 0 Å². The summed E-state index contributed by atoms with van der Waals surface area (Å²) in [4.78, 5) is 27.8. The Morgan fingerprint density at radius 1 is 1.08 bits per heavy atom. The van der Waals surface area contributed by atoms with Crippen LogP contribution in [0.25, 0.3) is 0 Å². The van der Waals surface area contributed by atoms with Crippen LogP contribution in [0.5, 0.6) is 0 Å². The Labute approximate surface area is 155 Å². The molecule has 0 radical (unpaired) electrons. The molecule has 1 aromatic carbocycles.